The maximum Gasteiger partial charge on any atom is 0.324 e. The van der Waals surface area contributed by atoms with E-state index >= 15 is 0 Å². The fourth-order valence-electron chi connectivity index (χ4n) is 1.37. The molecule has 0 aliphatic carbocycles. The summed E-state index contributed by atoms with van der Waals surface area (Å²) in [5.74, 6) is 0. The Morgan fingerprint density at radius 3 is 2.25 bits per heavy atom. The highest BCUT2D eigenvalue weighted by Gasteiger charge is 2.07. The van der Waals surface area contributed by atoms with Gasteiger partial charge < -0.3 is 9.47 Å². The van der Waals surface area contributed by atoms with Crippen LogP contribution in [0.5, 0.6) is 12.0 Å². The molecule has 1 aromatic carbocycles. The van der Waals surface area contributed by atoms with Gasteiger partial charge in [-0.05, 0) is 35.7 Å². The van der Waals surface area contributed by atoms with Crippen LogP contribution in [0, 0.1) is 0 Å². The molecule has 20 heavy (non-hydrogen) atoms. The van der Waals surface area contributed by atoms with Gasteiger partial charge in [0.2, 0.25) is 5.28 Å². The van der Waals surface area contributed by atoms with E-state index in [1.807, 2.05) is 19.1 Å². The standard InChI is InChI=1S/C13H13Cl2N3O2/c1-2-7-19-12-16-11(15)17-13(18-12)20-8-9-3-5-10(14)6-4-9/h3-6H,2,7-8H2,1H3. The fraction of sp³-hybridized carbons (Fsp3) is 0.308. The van der Waals surface area contributed by atoms with E-state index in [4.69, 9.17) is 32.7 Å². The van der Waals surface area contributed by atoms with E-state index in [2.05, 4.69) is 15.0 Å². The van der Waals surface area contributed by atoms with Crippen LogP contribution in [-0.4, -0.2) is 21.6 Å². The molecule has 5 nitrogen and oxygen atoms in total. The van der Waals surface area contributed by atoms with Gasteiger partial charge >= 0.3 is 12.0 Å². The van der Waals surface area contributed by atoms with Crippen molar-refractivity contribution in [1.82, 2.24) is 15.0 Å². The zero-order chi connectivity index (χ0) is 14.4. The first-order valence-electron chi connectivity index (χ1n) is 6.09. The van der Waals surface area contributed by atoms with Gasteiger partial charge in [0.15, 0.2) is 0 Å². The molecule has 7 heteroatoms. The second-order valence-corrected chi connectivity index (χ2v) is 4.71. The summed E-state index contributed by atoms with van der Waals surface area (Å²) < 4.78 is 10.8. The molecule has 106 valence electrons. The van der Waals surface area contributed by atoms with Crippen molar-refractivity contribution in [1.29, 1.82) is 0 Å². The van der Waals surface area contributed by atoms with E-state index < -0.39 is 0 Å². The molecule has 1 aromatic heterocycles. The Morgan fingerprint density at radius 2 is 1.60 bits per heavy atom. The number of benzene rings is 1. The molecule has 0 unspecified atom stereocenters. The summed E-state index contributed by atoms with van der Waals surface area (Å²) in [5.41, 5.74) is 0.946. The second kappa shape index (κ2) is 7.26. The molecule has 0 bridgehead atoms. The number of rotatable bonds is 6. The Hall–Kier alpha value is -1.59. The summed E-state index contributed by atoms with van der Waals surface area (Å²) in [4.78, 5) is 11.8. The Balaban J connectivity index is 2.01. The molecular formula is C13H13Cl2N3O2. The van der Waals surface area contributed by atoms with Gasteiger partial charge in [-0.2, -0.15) is 9.97 Å². The number of aromatic nitrogens is 3. The normalized spacial score (nSPS) is 10.3. The molecule has 2 aromatic rings. The van der Waals surface area contributed by atoms with Gasteiger partial charge in [0, 0.05) is 5.02 Å². The molecular weight excluding hydrogens is 301 g/mol. The van der Waals surface area contributed by atoms with Crippen LogP contribution in [0.15, 0.2) is 24.3 Å². The van der Waals surface area contributed by atoms with E-state index in [0.29, 0.717) is 18.2 Å². The zero-order valence-corrected chi connectivity index (χ0v) is 12.4. The Kier molecular flexibility index (Phi) is 5.38. The van der Waals surface area contributed by atoms with Crippen LogP contribution >= 0.6 is 23.2 Å². The highest BCUT2D eigenvalue weighted by atomic mass is 35.5. The summed E-state index contributed by atoms with van der Waals surface area (Å²) in [7, 11) is 0. The maximum atomic E-state index is 5.81. The smallest absolute Gasteiger partial charge is 0.324 e. The minimum absolute atomic E-state index is 0.0391. The van der Waals surface area contributed by atoms with Crippen LogP contribution in [0.25, 0.3) is 0 Å². The van der Waals surface area contributed by atoms with Crippen LogP contribution in [0.4, 0.5) is 0 Å². The lowest BCUT2D eigenvalue weighted by Gasteiger charge is -2.07. The molecule has 0 amide bonds. The van der Waals surface area contributed by atoms with E-state index in [1.54, 1.807) is 12.1 Å². The molecule has 0 N–H and O–H groups in total. The summed E-state index contributed by atoms with van der Waals surface area (Å²) in [6, 6.07) is 7.59. The van der Waals surface area contributed by atoms with Crippen molar-refractivity contribution in [2.75, 3.05) is 6.61 Å². The predicted octanol–water partition coefficient (Wildman–Crippen LogP) is 3.55. The first kappa shape index (κ1) is 14.8. The molecule has 0 fully saturated rings. The number of ether oxygens (including phenoxy) is 2. The van der Waals surface area contributed by atoms with Gasteiger partial charge in [-0.25, -0.2) is 0 Å². The monoisotopic (exact) mass is 313 g/mol. The number of nitrogens with zero attached hydrogens (tertiary/aromatic N) is 3. The topological polar surface area (TPSA) is 57.1 Å². The van der Waals surface area contributed by atoms with Gasteiger partial charge in [-0.1, -0.05) is 30.7 Å². The van der Waals surface area contributed by atoms with Gasteiger partial charge in [-0.15, -0.1) is 4.98 Å². The lowest BCUT2D eigenvalue weighted by molar-refractivity contribution is 0.255. The molecule has 0 saturated heterocycles. The quantitative estimate of drug-likeness (QED) is 0.816. The van der Waals surface area contributed by atoms with Crippen molar-refractivity contribution >= 4 is 23.2 Å². The Bertz CT molecular complexity index is 564. The maximum absolute atomic E-state index is 5.81. The highest BCUT2D eigenvalue weighted by Crippen LogP contribution is 2.15. The number of halogens is 2. The minimum Gasteiger partial charge on any atom is -0.463 e. The second-order valence-electron chi connectivity index (χ2n) is 3.93. The third kappa shape index (κ3) is 4.51. The summed E-state index contributed by atoms with van der Waals surface area (Å²) in [6.45, 7) is 2.81. The Morgan fingerprint density at radius 1 is 0.950 bits per heavy atom. The average Bonchev–Trinajstić information content (AvgIpc) is 2.44. The van der Waals surface area contributed by atoms with Crippen molar-refractivity contribution in [2.45, 2.75) is 20.0 Å². The fourth-order valence-corrected chi connectivity index (χ4v) is 1.64. The molecule has 2 rings (SSSR count). The van der Waals surface area contributed by atoms with Crippen molar-refractivity contribution in [3.05, 3.63) is 40.1 Å². The first-order chi connectivity index (χ1) is 9.67. The Labute approximate surface area is 126 Å². The van der Waals surface area contributed by atoms with Crippen LogP contribution in [0.1, 0.15) is 18.9 Å². The van der Waals surface area contributed by atoms with Gasteiger partial charge in [0.25, 0.3) is 0 Å². The lowest BCUT2D eigenvalue weighted by Crippen LogP contribution is -2.05. The molecule has 0 radical (unpaired) electrons. The van der Waals surface area contributed by atoms with Crippen molar-refractivity contribution in [2.24, 2.45) is 0 Å². The van der Waals surface area contributed by atoms with Crippen LogP contribution in [0.3, 0.4) is 0 Å². The minimum atomic E-state index is 0.0391. The summed E-state index contributed by atoms with van der Waals surface area (Å²) >= 11 is 11.6. The SMILES string of the molecule is CCCOc1nc(Cl)nc(OCc2ccc(Cl)cc2)n1. The van der Waals surface area contributed by atoms with E-state index in [1.165, 1.54) is 0 Å². The van der Waals surface area contributed by atoms with E-state index in [-0.39, 0.29) is 17.3 Å². The molecule has 1 heterocycles. The van der Waals surface area contributed by atoms with E-state index in [0.717, 1.165) is 12.0 Å². The average molecular weight is 314 g/mol. The van der Waals surface area contributed by atoms with Crippen molar-refractivity contribution in [3.8, 4) is 12.0 Å². The van der Waals surface area contributed by atoms with Crippen molar-refractivity contribution < 1.29 is 9.47 Å². The molecule has 0 atom stereocenters. The van der Waals surface area contributed by atoms with Crippen LogP contribution in [0.2, 0.25) is 10.3 Å². The molecule has 0 saturated carbocycles. The van der Waals surface area contributed by atoms with Gasteiger partial charge in [-0.3, -0.25) is 0 Å². The van der Waals surface area contributed by atoms with Crippen LogP contribution < -0.4 is 9.47 Å². The van der Waals surface area contributed by atoms with Gasteiger partial charge in [0.05, 0.1) is 6.61 Å². The molecule has 0 aliphatic heterocycles. The predicted molar refractivity (Wildman–Crippen MR) is 76.4 cm³/mol. The van der Waals surface area contributed by atoms with Crippen LogP contribution in [-0.2, 0) is 6.61 Å². The number of hydrogen-bond donors (Lipinski definition) is 0. The first-order valence-corrected chi connectivity index (χ1v) is 6.84. The molecule has 0 aliphatic rings. The zero-order valence-electron chi connectivity index (χ0n) is 10.8. The van der Waals surface area contributed by atoms with Crippen molar-refractivity contribution in [3.63, 3.8) is 0 Å². The summed E-state index contributed by atoms with van der Waals surface area (Å²) in [6.07, 6.45) is 0.851. The van der Waals surface area contributed by atoms with Gasteiger partial charge in [0.1, 0.15) is 6.61 Å². The largest absolute Gasteiger partial charge is 0.463 e. The summed E-state index contributed by atoms with van der Waals surface area (Å²) in [5, 5.41) is 0.712. The highest BCUT2D eigenvalue weighted by molar-refractivity contribution is 6.30. The third-order valence-electron chi connectivity index (χ3n) is 2.28. The third-order valence-corrected chi connectivity index (χ3v) is 2.70. The number of hydrogen-bond acceptors (Lipinski definition) is 5. The molecule has 0 spiro atoms. The lowest BCUT2D eigenvalue weighted by atomic mass is 10.2. The van der Waals surface area contributed by atoms with E-state index in [9.17, 15) is 0 Å².